The van der Waals surface area contributed by atoms with Gasteiger partial charge in [-0.05, 0) is 25.7 Å². The van der Waals surface area contributed by atoms with Crippen LogP contribution in [0, 0.1) is 5.92 Å². The second-order valence-corrected chi connectivity index (χ2v) is 5.07. The van der Waals surface area contributed by atoms with Crippen LogP contribution in [0.3, 0.4) is 0 Å². The maximum absolute atomic E-state index is 5.40. The van der Waals surface area contributed by atoms with Gasteiger partial charge in [-0.25, -0.2) is 0 Å². The molecule has 0 amide bonds. The molecule has 0 radical (unpaired) electrons. The molecule has 0 aliphatic carbocycles. The van der Waals surface area contributed by atoms with Crippen molar-refractivity contribution in [2.45, 2.75) is 39.7 Å². The monoisotopic (exact) mass is 228 g/mol. The maximum atomic E-state index is 5.40. The van der Waals surface area contributed by atoms with E-state index in [9.17, 15) is 0 Å². The Balaban J connectivity index is 2.23. The van der Waals surface area contributed by atoms with Crippen LogP contribution in [-0.2, 0) is 4.74 Å². The zero-order valence-corrected chi connectivity index (χ0v) is 11.2. The quantitative estimate of drug-likeness (QED) is 0.672. The number of piperazine rings is 1. The fourth-order valence-corrected chi connectivity index (χ4v) is 2.39. The van der Waals surface area contributed by atoms with Crippen molar-refractivity contribution in [1.82, 2.24) is 10.2 Å². The summed E-state index contributed by atoms with van der Waals surface area (Å²) in [6, 6.07) is 0.732. The fourth-order valence-electron chi connectivity index (χ4n) is 2.39. The summed E-state index contributed by atoms with van der Waals surface area (Å²) < 4.78 is 5.40. The molecule has 1 atom stereocenters. The van der Waals surface area contributed by atoms with Gasteiger partial charge >= 0.3 is 0 Å². The van der Waals surface area contributed by atoms with Gasteiger partial charge in [0.1, 0.15) is 0 Å². The van der Waals surface area contributed by atoms with E-state index in [2.05, 4.69) is 31.0 Å². The van der Waals surface area contributed by atoms with Crippen LogP contribution >= 0.6 is 0 Å². The largest absolute Gasteiger partial charge is 0.382 e. The summed E-state index contributed by atoms with van der Waals surface area (Å²) in [6.45, 7) is 13.1. The minimum Gasteiger partial charge on any atom is -0.382 e. The van der Waals surface area contributed by atoms with Gasteiger partial charge in [0.15, 0.2) is 0 Å². The van der Waals surface area contributed by atoms with Gasteiger partial charge in [0.25, 0.3) is 0 Å². The molecule has 1 unspecified atom stereocenters. The SMILES string of the molecule is CCOCCCN1CCNCC1CC(C)C. The lowest BCUT2D eigenvalue weighted by Crippen LogP contribution is -2.52. The van der Waals surface area contributed by atoms with Crippen molar-refractivity contribution in [1.29, 1.82) is 0 Å². The van der Waals surface area contributed by atoms with Gasteiger partial charge in [-0.2, -0.15) is 0 Å². The highest BCUT2D eigenvalue weighted by molar-refractivity contribution is 4.80. The maximum Gasteiger partial charge on any atom is 0.0478 e. The summed E-state index contributed by atoms with van der Waals surface area (Å²) in [5, 5.41) is 3.50. The van der Waals surface area contributed by atoms with Gasteiger partial charge in [0, 0.05) is 45.4 Å². The lowest BCUT2D eigenvalue weighted by molar-refractivity contribution is 0.103. The molecule has 0 bridgehead atoms. The first-order valence-corrected chi connectivity index (χ1v) is 6.76. The van der Waals surface area contributed by atoms with Gasteiger partial charge in [-0.1, -0.05) is 13.8 Å². The number of rotatable bonds is 7. The van der Waals surface area contributed by atoms with E-state index in [1.54, 1.807) is 0 Å². The third kappa shape index (κ3) is 5.28. The Morgan fingerprint density at radius 3 is 2.94 bits per heavy atom. The van der Waals surface area contributed by atoms with E-state index in [0.717, 1.165) is 38.3 Å². The third-order valence-corrected chi connectivity index (χ3v) is 3.15. The normalized spacial score (nSPS) is 22.9. The zero-order valence-electron chi connectivity index (χ0n) is 11.2. The molecular formula is C13H28N2O. The van der Waals surface area contributed by atoms with Gasteiger partial charge in [0.05, 0.1) is 0 Å². The molecule has 1 fully saturated rings. The average molecular weight is 228 g/mol. The Bertz CT molecular complexity index is 173. The molecule has 96 valence electrons. The van der Waals surface area contributed by atoms with Crippen LogP contribution in [0.5, 0.6) is 0 Å². The number of ether oxygens (including phenoxy) is 1. The van der Waals surface area contributed by atoms with Gasteiger partial charge in [-0.15, -0.1) is 0 Å². The molecule has 1 N–H and O–H groups in total. The minimum absolute atomic E-state index is 0.732. The lowest BCUT2D eigenvalue weighted by Gasteiger charge is -2.37. The molecule has 1 saturated heterocycles. The van der Waals surface area contributed by atoms with Crippen LogP contribution in [0.1, 0.15) is 33.6 Å². The summed E-state index contributed by atoms with van der Waals surface area (Å²) in [5.41, 5.74) is 0. The summed E-state index contributed by atoms with van der Waals surface area (Å²) in [4.78, 5) is 2.63. The van der Waals surface area contributed by atoms with Crippen LogP contribution in [0.15, 0.2) is 0 Å². The smallest absolute Gasteiger partial charge is 0.0478 e. The highest BCUT2D eigenvalue weighted by atomic mass is 16.5. The predicted octanol–water partition coefficient (Wildman–Crippen LogP) is 1.73. The van der Waals surface area contributed by atoms with Crippen molar-refractivity contribution in [3.8, 4) is 0 Å². The number of hydrogen-bond donors (Lipinski definition) is 1. The number of nitrogens with zero attached hydrogens (tertiary/aromatic N) is 1. The first-order valence-electron chi connectivity index (χ1n) is 6.76. The summed E-state index contributed by atoms with van der Waals surface area (Å²) in [6.07, 6.45) is 2.48. The van der Waals surface area contributed by atoms with E-state index >= 15 is 0 Å². The third-order valence-electron chi connectivity index (χ3n) is 3.15. The van der Waals surface area contributed by atoms with Gasteiger partial charge in [0.2, 0.25) is 0 Å². The Hall–Kier alpha value is -0.120. The minimum atomic E-state index is 0.732. The molecule has 1 aliphatic heterocycles. The second-order valence-electron chi connectivity index (χ2n) is 5.07. The Morgan fingerprint density at radius 1 is 1.44 bits per heavy atom. The molecule has 3 heteroatoms. The summed E-state index contributed by atoms with van der Waals surface area (Å²) >= 11 is 0. The Morgan fingerprint density at radius 2 is 2.25 bits per heavy atom. The van der Waals surface area contributed by atoms with Gasteiger partial charge in [-0.3, -0.25) is 4.90 Å². The van der Waals surface area contributed by atoms with E-state index in [1.165, 1.54) is 25.9 Å². The predicted molar refractivity (Wildman–Crippen MR) is 68.8 cm³/mol. The molecule has 1 heterocycles. The number of nitrogens with one attached hydrogen (secondary N) is 1. The molecule has 0 saturated carbocycles. The molecule has 0 aromatic rings. The first kappa shape index (κ1) is 13.9. The van der Waals surface area contributed by atoms with Crippen molar-refractivity contribution >= 4 is 0 Å². The van der Waals surface area contributed by atoms with E-state index in [1.807, 2.05) is 0 Å². The molecule has 0 aromatic carbocycles. The van der Waals surface area contributed by atoms with Gasteiger partial charge < -0.3 is 10.1 Å². The number of hydrogen-bond acceptors (Lipinski definition) is 3. The van der Waals surface area contributed by atoms with Crippen LogP contribution < -0.4 is 5.32 Å². The summed E-state index contributed by atoms with van der Waals surface area (Å²) in [7, 11) is 0. The van der Waals surface area contributed by atoms with Crippen LogP contribution in [0.25, 0.3) is 0 Å². The van der Waals surface area contributed by atoms with Crippen molar-refractivity contribution in [3.63, 3.8) is 0 Å². The van der Waals surface area contributed by atoms with E-state index in [-0.39, 0.29) is 0 Å². The molecule has 0 spiro atoms. The molecular weight excluding hydrogens is 200 g/mol. The fraction of sp³-hybridized carbons (Fsp3) is 1.00. The van der Waals surface area contributed by atoms with Crippen LogP contribution in [0.2, 0.25) is 0 Å². The Kier molecular flexibility index (Phi) is 7.01. The second kappa shape index (κ2) is 8.04. The first-order chi connectivity index (χ1) is 7.74. The van der Waals surface area contributed by atoms with Crippen molar-refractivity contribution in [2.24, 2.45) is 5.92 Å². The van der Waals surface area contributed by atoms with E-state index in [4.69, 9.17) is 4.74 Å². The molecule has 16 heavy (non-hydrogen) atoms. The molecule has 1 rings (SSSR count). The van der Waals surface area contributed by atoms with Crippen molar-refractivity contribution < 1.29 is 4.74 Å². The van der Waals surface area contributed by atoms with Crippen LogP contribution in [0.4, 0.5) is 0 Å². The molecule has 0 aromatic heterocycles. The average Bonchev–Trinajstić information content (AvgIpc) is 2.26. The molecule has 3 nitrogen and oxygen atoms in total. The van der Waals surface area contributed by atoms with Crippen LogP contribution in [-0.4, -0.2) is 50.3 Å². The standard InChI is InChI=1S/C13H28N2O/c1-4-16-9-5-7-15-8-6-14-11-13(15)10-12(2)3/h12-14H,4-11H2,1-3H3. The van der Waals surface area contributed by atoms with Crippen molar-refractivity contribution in [2.75, 3.05) is 39.4 Å². The van der Waals surface area contributed by atoms with Crippen molar-refractivity contribution in [3.05, 3.63) is 0 Å². The highest BCUT2D eigenvalue weighted by Gasteiger charge is 2.21. The topological polar surface area (TPSA) is 24.5 Å². The van der Waals surface area contributed by atoms with E-state index in [0.29, 0.717) is 0 Å². The summed E-state index contributed by atoms with van der Waals surface area (Å²) in [5.74, 6) is 0.791. The Labute approximate surface area is 101 Å². The van der Waals surface area contributed by atoms with E-state index < -0.39 is 0 Å². The molecule has 1 aliphatic rings. The lowest BCUT2D eigenvalue weighted by atomic mass is 10.0. The highest BCUT2D eigenvalue weighted by Crippen LogP contribution is 2.13. The zero-order chi connectivity index (χ0) is 11.8.